The smallest absolute Gasteiger partial charge is 0.328 e. The van der Waals surface area contributed by atoms with Crippen LogP contribution in [0.25, 0.3) is 0 Å². The van der Waals surface area contributed by atoms with E-state index in [1.807, 2.05) is 32.0 Å². The van der Waals surface area contributed by atoms with Crippen LogP contribution in [0.15, 0.2) is 59.5 Å². The van der Waals surface area contributed by atoms with Crippen molar-refractivity contribution in [2.75, 3.05) is 26.7 Å². The fraction of sp³-hybridized carbons (Fsp3) is 0.515. The highest BCUT2D eigenvalue weighted by atomic mass is 32.2. The van der Waals surface area contributed by atoms with Crippen molar-refractivity contribution in [2.24, 2.45) is 11.8 Å². The summed E-state index contributed by atoms with van der Waals surface area (Å²) in [6.45, 7) is 7.89. The zero-order valence-electron chi connectivity index (χ0n) is 27.7. The molecule has 0 spiro atoms. The standard InChI is InChI=1S/C33H46N4O9S/c1-7-27(32(41)42)37-29(39)20-36(33(37)43)30(22(4)5)31(40)34-26(17-23-11-9-8-10-12-23)28(38)19-35(18-21(2)3)47(44,45)25-15-13-24(46-6)14-16-25/h8-16,21-22,26-28,30,38H,7,17-20H2,1-6H3,(H,34,40)(H,41,42)/t26-,27?,28+,30-/m0/s1. The Morgan fingerprint density at radius 3 is 2.13 bits per heavy atom. The molecule has 1 heterocycles. The Balaban J connectivity index is 1.93. The van der Waals surface area contributed by atoms with Crippen molar-refractivity contribution in [3.63, 3.8) is 0 Å². The number of aliphatic carboxylic acids is 1. The van der Waals surface area contributed by atoms with Crippen molar-refractivity contribution in [3.8, 4) is 5.75 Å². The molecule has 1 saturated heterocycles. The third-order valence-electron chi connectivity index (χ3n) is 7.99. The average molecular weight is 675 g/mol. The number of imide groups is 1. The number of carbonyl (C=O) groups is 4. The van der Waals surface area contributed by atoms with E-state index >= 15 is 0 Å². The van der Waals surface area contributed by atoms with E-state index in [-0.39, 0.29) is 36.7 Å². The second kappa shape index (κ2) is 16.2. The number of aliphatic hydroxyl groups excluding tert-OH is 1. The van der Waals surface area contributed by atoms with E-state index in [0.29, 0.717) is 10.6 Å². The quantitative estimate of drug-likeness (QED) is 0.213. The van der Waals surface area contributed by atoms with Crippen molar-refractivity contribution in [3.05, 3.63) is 60.2 Å². The van der Waals surface area contributed by atoms with Gasteiger partial charge in [0.15, 0.2) is 0 Å². The molecule has 4 amide bonds. The summed E-state index contributed by atoms with van der Waals surface area (Å²) in [6, 6.07) is 10.5. The Labute approximate surface area is 276 Å². The van der Waals surface area contributed by atoms with Gasteiger partial charge in [-0.3, -0.25) is 9.59 Å². The number of methoxy groups -OCH3 is 1. The second-order valence-corrected chi connectivity index (χ2v) is 14.3. The summed E-state index contributed by atoms with van der Waals surface area (Å²) < 4.78 is 33.9. The number of sulfonamides is 1. The van der Waals surface area contributed by atoms with E-state index < -0.39 is 70.5 Å². The van der Waals surface area contributed by atoms with Gasteiger partial charge in [0.2, 0.25) is 15.9 Å². The van der Waals surface area contributed by atoms with Gasteiger partial charge >= 0.3 is 12.0 Å². The minimum atomic E-state index is -4.07. The number of hydrogen-bond donors (Lipinski definition) is 3. The van der Waals surface area contributed by atoms with Gasteiger partial charge in [-0.15, -0.1) is 0 Å². The SMILES string of the molecule is CCC(C(=O)O)N1C(=O)CN([C@H](C(=O)N[C@@H](Cc2ccccc2)[C@H](O)CN(CC(C)C)S(=O)(=O)c2ccc(OC)cc2)C(C)C)C1=O. The number of nitrogens with zero attached hydrogens (tertiary/aromatic N) is 3. The molecule has 1 aliphatic heterocycles. The lowest BCUT2D eigenvalue weighted by atomic mass is 9.97. The number of rotatable bonds is 17. The molecular weight excluding hydrogens is 628 g/mol. The van der Waals surface area contributed by atoms with Crippen LogP contribution < -0.4 is 10.1 Å². The molecule has 2 aromatic rings. The minimum Gasteiger partial charge on any atom is -0.497 e. The molecule has 0 radical (unpaired) electrons. The zero-order chi connectivity index (χ0) is 35.1. The molecule has 0 aromatic heterocycles. The average Bonchev–Trinajstić information content (AvgIpc) is 3.29. The summed E-state index contributed by atoms with van der Waals surface area (Å²) in [4.78, 5) is 53.7. The molecule has 3 N–H and O–H groups in total. The molecular formula is C33H46N4O9S. The van der Waals surface area contributed by atoms with E-state index in [1.54, 1.807) is 32.9 Å². The maximum Gasteiger partial charge on any atom is 0.328 e. The Bertz CT molecular complexity index is 1500. The van der Waals surface area contributed by atoms with Crippen LogP contribution >= 0.6 is 0 Å². The molecule has 0 bridgehead atoms. The van der Waals surface area contributed by atoms with Crippen LogP contribution in [-0.4, -0.2) is 108 Å². The number of aliphatic hydroxyl groups is 1. The van der Waals surface area contributed by atoms with Gasteiger partial charge < -0.3 is 25.2 Å². The molecule has 258 valence electrons. The van der Waals surface area contributed by atoms with Crippen molar-refractivity contribution in [2.45, 2.75) is 76.6 Å². The number of benzene rings is 2. The predicted octanol–water partition coefficient (Wildman–Crippen LogP) is 2.58. The number of ether oxygens (including phenoxy) is 1. The zero-order valence-corrected chi connectivity index (χ0v) is 28.5. The van der Waals surface area contributed by atoms with Crippen LogP contribution in [0, 0.1) is 11.8 Å². The van der Waals surface area contributed by atoms with Gasteiger partial charge in [-0.1, -0.05) is 65.0 Å². The number of amides is 4. The van der Waals surface area contributed by atoms with Crippen molar-refractivity contribution >= 4 is 33.8 Å². The van der Waals surface area contributed by atoms with Gasteiger partial charge in [0.05, 0.1) is 24.2 Å². The normalized spacial score (nSPS) is 16.5. The van der Waals surface area contributed by atoms with Crippen LogP contribution in [-0.2, 0) is 30.8 Å². The first-order valence-corrected chi connectivity index (χ1v) is 17.1. The third kappa shape index (κ3) is 9.08. The summed E-state index contributed by atoms with van der Waals surface area (Å²) >= 11 is 0. The first-order chi connectivity index (χ1) is 22.1. The van der Waals surface area contributed by atoms with Gasteiger partial charge in [-0.25, -0.2) is 22.9 Å². The van der Waals surface area contributed by atoms with E-state index in [0.717, 1.165) is 10.5 Å². The van der Waals surface area contributed by atoms with Gasteiger partial charge in [-0.2, -0.15) is 4.31 Å². The van der Waals surface area contributed by atoms with Crippen molar-refractivity contribution in [1.29, 1.82) is 0 Å². The van der Waals surface area contributed by atoms with Crippen LogP contribution in [0.5, 0.6) is 5.75 Å². The summed E-state index contributed by atoms with van der Waals surface area (Å²) in [7, 11) is -2.60. The molecule has 2 aromatic carbocycles. The summed E-state index contributed by atoms with van der Waals surface area (Å²) in [6.07, 6.45) is -1.26. The maximum atomic E-state index is 13.9. The van der Waals surface area contributed by atoms with Gasteiger partial charge in [0.25, 0.3) is 5.91 Å². The van der Waals surface area contributed by atoms with Crippen LogP contribution in [0.4, 0.5) is 4.79 Å². The van der Waals surface area contributed by atoms with Crippen LogP contribution in [0.1, 0.15) is 46.6 Å². The van der Waals surface area contributed by atoms with Gasteiger partial charge in [0, 0.05) is 13.1 Å². The molecule has 4 atom stereocenters. The first kappa shape index (κ1) is 37.4. The highest BCUT2D eigenvalue weighted by Crippen LogP contribution is 2.25. The lowest BCUT2D eigenvalue weighted by Gasteiger charge is -2.34. The highest BCUT2D eigenvalue weighted by molar-refractivity contribution is 7.89. The van der Waals surface area contributed by atoms with Crippen LogP contribution in [0.2, 0.25) is 0 Å². The number of nitrogens with one attached hydrogen (secondary N) is 1. The monoisotopic (exact) mass is 674 g/mol. The predicted molar refractivity (Wildman–Crippen MR) is 174 cm³/mol. The Morgan fingerprint density at radius 1 is 1.00 bits per heavy atom. The van der Waals surface area contributed by atoms with E-state index in [9.17, 15) is 37.8 Å². The topological polar surface area (TPSA) is 174 Å². The molecule has 3 rings (SSSR count). The highest BCUT2D eigenvalue weighted by Gasteiger charge is 2.48. The van der Waals surface area contributed by atoms with Crippen LogP contribution in [0.3, 0.4) is 0 Å². The number of hydrogen-bond acceptors (Lipinski definition) is 8. The molecule has 1 unspecified atom stereocenters. The fourth-order valence-corrected chi connectivity index (χ4v) is 7.28. The van der Waals surface area contributed by atoms with Crippen molar-refractivity contribution in [1.82, 2.24) is 19.4 Å². The molecule has 1 aliphatic rings. The Kier molecular flexibility index (Phi) is 12.9. The summed E-state index contributed by atoms with van der Waals surface area (Å²) in [5, 5.41) is 24.1. The number of urea groups is 1. The number of carboxylic acids is 1. The maximum absolute atomic E-state index is 13.9. The Hall–Kier alpha value is -4.01. The fourth-order valence-electron chi connectivity index (χ4n) is 5.66. The third-order valence-corrected chi connectivity index (χ3v) is 9.84. The molecule has 14 heteroatoms. The molecule has 0 saturated carbocycles. The van der Waals surface area contributed by atoms with Gasteiger partial charge in [0.1, 0.15) is 24.4 Å². The van der Waals surface area contributed by atoms with Gasteiger partial charge in [-0.05, 0) is 54.5 Å². The van der Waals surface area contributed by atoms with E-state index in [4.69, 9.17) is 4.74 Å². The van der Waals surface area contributed by atoms with E-state index in [2.05, 4.69) is 5.32 Å². The van der Waals surface area contributed by atoms with Crippen molar-refractivity contribution < 1.29 is 42.5 Å². The minimum absolute atomic E-state index is 0.00313. The lowest BCUT2D eigenvalue weighted by molar-refractivity contribution is -0.146. The Morgan fingerprint density at radius 2 is 1.62 bits per heavy atom. The molecule has 1 fully saturated rings. The molecule has 0 aliphatic carbocycles. The first-order valence-electron chi connectivity index (χ1n) is 15.6. The lowest BCUT2D eigenvalue weighted by Crippen LogP contribution is -2.57. The number of carboxylic acid groups (broad SMARTS) is 1. The largest absolute Gasteiger partial charge is 0.497 e. The summed E-state index contributed by atoms with van der Waals surface area (Å²) in [5.74, 6) is -2.83. The number of carbonyl (C=O) groups excluding carboxylic acids is 3. The molecule has 13 nitrogen and oxygen atoms in total. The summed E-state index contributed by atoms with van der Waals surface area (Å²) in [5.41, 5.74) is 0.761. The second-order valence-electron chi connectivity index (χ2n) is 12.4. The van der Waals surface area contributed by atoms with E-state index in [1.165, 1.54) is 35.7 Å². The molecule has 47 heavy (non-hydrogen) atoms.